The van der Waals surface area contributed by atoms with E-state index in [9.17, 15) is 0 Å². The summed E-state index contributed by atoms with van der Waals surface area (Å²) in [6.45, 7) is 9.56. The van der Waals surface area contributed by atoms with Gasteiger partial charge in [0.05, 0.1) is 6.61 Å². The van der Waals surface area contributed by atoms with E-state index in [1.54, 1.807) is 6.08 Å². The van der Waals surface area contributed by atoms with Crippen LogP contribution < -0.4 is 0 Å². The van der Waals surface area contributed by atoms with Crippen molar-refractivity contribution in [2.24, 2.45) is 0 Å². The van der Waals surface area contributed by atoms with Crippen molar-refractivity contribution in [1.29, 1.82) is 0 Å². The first-order chi connectivity index (χ1) is 3.31. The topological polar surface area (TPSA) is 9.23 Å². The van der Waals surface area contributed by atoms with Crippen LogP contribution in [-0.4, -0.2) is 6.61 Å². The van der Waals surface area contributed by atoms with E-state index in [-0.39, 0.29) is 0 Å². The molecule has 0 bridgehead atoms. The Balaban J connectivity index is 3.17. The second-order valence-corrected chi connectivity index (χ2v) is 1.10. The lowest BCUT2D eigenvalue weighted by Gasteiger charge is -1.97. The third kappa shape index (κ3) is 3.10. The van der Waals surface area contributed by atoms with Crippen LogP contribution >= 0.6 is 0 Å². The Hall–Kier alpha value is -0.720. The molecule has 0 fully saturated rings. The van der Waals surface area contributed by atoms with Crippen LogP contribution in [0.5, 0.6) is 0 Å². The number of ether oxygens (including phenoxy) is 1. The molecule has 0 aromatic rings. The molecule has 0 saturated heterocycles. The van der Waals surface area contributed by atoms with Gasteiger partial charge in [-0.15, -0.1) is 0 Å². The third-order valence-corrected chi connectivity index (χ3v) is 0.557. The fourth-order valence-electron chi connectivity index (χ4n) is 0.244. The molecular formula is C6H10O. The standard InChI is InChI=1S/C6H10O/c1-4-6(3)7-5-2/h4H,1,3,5H2,2H3. The predicted octanol–water partition coefficient (Wildman–Crippen LogP) is 1.72. The summed E-state index contributed by atoms with van der Waals surface area (Å²) in [6.07, 6.45) is 1.59. The van der Waals surface area contributed by atoms with E-state index in [4.69, 9.17) is 4.74 Å². The maximum absolute atomic E-state index is 4.88. The van der Waals surface area contributed by atoms with E-state index < -0.39 is 0 Å². The van der Waals surface area contributed by atoms with Crippen LogP contribution in [0.25, 0.3) is 0 Å². The van der Waals surface area contributed by atoms with Gasteiger partial charge in [0.15, 0.2) is 0 Å². The van der Waals surface area contributed by atoms with Gasteiger partial charge >= 0.3 is 0 Å². The molecule has 0 radical (unpaired) electrons. The second-order valence-electron chi connectivity index (χ2n) is 1.10. The quantitative estimate of drug-likeness (QED) is 0.386. The van der Waals surface area contributed by atoms with Gasteiger partial charge in [0.2, 0.25) is 0 Å². The van der Waals surface area contributed by atoms with Gasteiger partial charge in [-0.05, 0) is 13.0 Å². The van der Waals surface area contributed by atoms with Gasteiger partial charge in [-0.25, -0.2) is 0 Å². The Morgan fingerprint density at radius 2 is 2.43 bits per heavy atom. The van der Waals surface area contributed by atoms with Crippen LogP contribution in [0.2, 0.25) is 0 Å². The molecule has 0 saturated carbocycles. The van der Waals surface area contributed by atoms with E-state index >= 15 is 0 Å². The summed E-state index contributed by atoms with van der Waals surface area (Å²) < 4.78 is 4.88. The van der Waals surface area contributed by atoms with Crippen molar-refractivity contribution in [2.75, 3.05) is 6.61 Å². The minimum atomic E-state index is 0.641. The van der Waals surface area contributed by atoms with Crippen molar-refractivity contribution < 1.29 is 4.74 Å². The summed E-state index contributed by atoms with van der Waals surface area (Å²) in [5, 5.41) is 0. The molecule has 0 aromatic heterocycles. The lowest BCUT2D eigenvalue weighted by Crippen LogP contribution is -1.83. The molecule has 0 aromatic carbocycles. The summed E-state index contributed by atoms with van der Waals surface area (Å²) in [6, 6.07) is 0. The van der Waals surface area contributed by atoms with Crippen LogP contribution in [0.15, 0.2) is 25.0 Å². The van der Waals surface area contributed by atoms with E-state index in [1.807, 2.05) is 6.92 Å². The Bertz CT molecular complexity index is 74.2. The highest BCUT2D eigenvalue weighted by molar-refractivity contribution is 5.01. The Kier molecular flexibility index (Phi) is 3.11. The SMILES string of the molecule is C=CC(=C)OCC. The van der Waals surface area contributed by atoms with Crippen molar-refractivity contribution in [3.05, 3.63) is 25.0 Å². The van der Waals surface area contributed by atoms with Gasteiger partial charge < -0.3 is 4.74 Å². The Morgan fingerprint density at radius 1 is 1.86 bits per heavy atom. The first-order valence-corrected chi connectivity index (χ1v) is 2.25. The van der Waals surface area contributed by atoms with E-state index in [0.717, 1.165) is 0 Å². The third-order valence-electron chi connectivity index (χ3n) is 0.557. The van der Waals surface area contributed by atoms with Crippen LogP contribution in [0, 0.1) is 0 Å². The summed E-state index contributed by atoms with van der Waals surface area (Å²) in [5.41, 5.74) is 0. The van der Waals surface area contributed by atoms with Crippen molar-refractivity contribution >= 4 is 0 Å². The first kappa shape index (κ1) is 6.28. The molecule has 1 heteroatoms. The Labute approximate surface area is 44.3 Å². The summed E-state index contributed by atoms with van der Waals surface area (Å²) >= 11 is 0. The van der Waals surface area contributed by atoms with Crippen LogP contribution in [0.1, 0.15) is 6.92 Å². The maximum Gasteiger partial charge on any atom is 0.111 e. The molecule has 0 aliphatic rings. The van der Waals surface area contributed by atoms with Gasteiger partial charge in [0, 0.05) is 0 Å². The molecule has 0 amide bonds. The average molecular weight is 98.1 g/mol. The van der Waals surface area contributed by atoms with Gasteiger partial charge in [-0.2, -0.15) is 0 Å². The van der Waals surface area contributed by atoms with Crippen LogP contribution in [-0.2, 0) is 4.74 Å². The van der Waals surface area contributed by atoms with Crippen molar-refractivity contribution in [2.45, 2.75) is 6.92 Å². The normalized spacial score (nSPS) is 7.57. The largest absolute Gasteiger partial charge is 0.495 e. The lowest BCUT2D eigenvalue weighted by atomic mass is 10.5. The fraction of sp³-hybridized carbons (Fsp3) is 0.333. The Morgan fingerprint density at radius 3 is 2.57 bits per heavy atom. The second kappa shape index (κ2) is 3.47. The summed E-state index contributed by atoms with van der Waals surface area (Å²) in [4.78, 5) is 0. The average Bonchev–Trinajstić information content (AvgIpc) is 1.68. The van der Waals surface area contributed by atoms with Crippen LogP contribution in [0.4, 0.5) is 0 Å². The zero-order chi connectivity index (χ0) is 5.70. The molecule has 1 nitrogen and oxygen atoms in total. The van der Waals surface area contributed by atoms with E-state index in [0.29, 0.717) is 12.4 Å². The van der Waals surface area contributed by atoms with Gasteiger partial charge in [0.1, 0.15) is 5.76 Å². The highest BCUT2D eigenvalue weighted by Crippen LogP contribution is 1.90. The number of hydrogen-bond donors (Lipinski definition) is 0. The zero-order valence-electron chi connectivity index (χ0n) is 4.61. The smallest absolute Gasteiger partial charge is 0.111 e. The lowest BCUT2D eigenvalue weighted by molar-refractivity contribution is 0.244. The maximum atomic E-state index is 4.88. The molecule has 40 valence electrons. The highest BCUT2D eigenvalue weighted by atomic mass is 16.5. The molecule has 0 aliphatic heterocycles. The molecular weight excluding hydrogens is 88.1 g/mol. The van der Waals surface area contributed by atoms with Crippen molar-refractivity contribution in [3.63, 3.8) is 0 Å². The molecule has 0 atom stereocenters. The molecule has 0 unspecified atom stereocenters. The predicted molar refractivity (Wildman–Crippen MR) is 31.0 cm³/mol. The molecule has 0 heterocycles. The monoisotopic (exact) mass is 98.1 g/mol. The van der Waals surface area contributed by atoms with Gasteiger partial charge in [-0.3, -0.25) is 0 Å². The van der Waals surface area contributed by atoms with E-state index in [2.05, 4.69) is 13.2 Å². The number of rotatable bonds is 3. The molecule has 0 aliphatic carbocycles. The molecule has 7 heavy (non-hydrogen) atoms. The van der Waals surface area contributed by atoms with Crippen molar-refractivity contribution in [1.82, 2.24) is 0 Å². The fourth-order valence-corrected chi connectivity index (χ4v) is 0.244. The molecule has 0 rings (SSSR count). The van der Waals surface area contributed by atoms with Crippen molar-refractivity contribution in [3.8, 4) is 0 Å². The molecule has 0 spiro atoms. The minimum absolute atomic E-state index is 0.641. The number of hydrogen-bond acceptors (Lipinski definition) is 1. The zero-order valence-corrected chi connectivity index (χ0v) is 4.61. The summed E-state index contributed by atoms with van der Waals surface area (Å²) in [7, 11) is 0. The highest BCUT2D eigenvalue weighted by Gasteiger charge is 1.77. The number of allylic oxidation sites excluding steroid dienone is 1. The summed E-state index contributed by atoms with van der Waals surface area (Å²) in [5.74, 6) is 0.641. The molecule has 0 N–H and O–H groups in total. The van der Waals surface area contributed by atoms with Crippen LogP contribution in [0.3, 0.4) is 0 Å². The van der Waals surface area contributed by atoms with Gasteiger partial charge in [-0.1, -0.05) is 13.2 Å². The van der Waals surface area contributed by atoms with E-state index in [1.165, 1.54) is 0 Å². The van der Waals surface area contributed by atoms with Gasteiger partial charge in [0.25, 0.3) is 0 Å². The first-order valence-electron chi connectivity index (χ1n) is 2.25. The minimum Gasteiger partial charge on any atom is -0.495 e.